The van der Waals surface area contributed by atoms with Crippen molar-refractivity contribution in [3.05, 3.63) is 82.5 Å². The number of pyridine rings is 1. The van der Waals surface area contributed by atoms with Gasteiger partial charge in [-0.15, -0.1) is 6.42 Å². The normalized spacial score (nSPS) is 10.4. The second-order valence-electron chi connectivity index (χ2n) is 7.21. The molecule has 0 spiro atoms. The van der Waals surface area contributed by atoms with E-state index in [9.17, 15) is 9.59 Å². The molecule has 0 aliphatic carbocycles. The lowest BCUT2D eigenvalue weighted by Crippen LogP contribution is -2.40. The van der Waals surface area contributed by atoms with E-state index >= 15 is 0 Å². The number of anilines is 2. The summed E-state index contributed by atoms with van der Waals surface area (Å²) in [5, 5.41) is 8.85. The number of hydrogen-bond acceptors (Lipinski definition) is 6. The molecular formula is C25H22ClN5O3. The van der Waals surface area contributed by atoms with Crippen molar-refractivity contribution in [3.8, 4) is 18.1 Å². The van der Waals surface area contributed by atoms with Gasteiger partial charge >= 0.3 is 6.03 Å². The average Bonchev–Trinajstić information content (AvgIpc) is 2.83. The zero-order valence-electron chi connectivity index (χ0n) is 18.8. The fourth-order valence-electron chi connectivity index (χ4n) is 2.85. The average molecular weight is 476 g/mol. The predicted molar refractivity (Wildman–Crippen MR) is 134 cm³/mol. The summed E-state index contributed by atoms with van der Waals surface area (Å²) in [5.74, 6) is 2.28. The van der Waals surface area contributed by atoms with Crippen molar-refractivity contribution in [1.82, 2.24) is 9.99 Å². The van der Waals surface area contributed by atoms with Crippen LogP contribution in [0, 0.1) is 12.3 Å². The molecule has 1 N–H and O–H groups in total. The number of halogens is 1. The summed E-state index contributed by atoms with van der Waals surface area (Å²) < 4.78 is 5.20. The van der Waals surface area contributed by atoms with Crippen LogP contribution < -0.4 is 15.0 Å². The Balaban J connectivity index is 1.93. The Hall–Kier alpha value is -4.35. The van der Waals surface area contributed by atoms with Gasteiger partial charge in [-0.1, -0.05) is 29.7 Å². The van der Waals surface area contributed by atoms with Gasteiger partial charge in [-0.05, 0) is 48.0 Å². The van der Waals surface area contributed by atoms with Crippen molar-refractivity contribution in [2.24, 2.45) is 5.10 Å². The number of urea groups is 1. The highest BCUT2D eigenvalue weighted by Gasteiger charge is 2.27. The van der Waals surface area contributed by atoms with E-state index in [4.69, 9.17) is 22.8 Å². The van der Waals surface area contributed by atoms with E-state index in [-0.39, 0.29) is 16.4 Å². The summed E-state index contributed by atoms with van der Waals surface area (Å²) in [4.78, 5) is 31.7. The van der Waals surface area contributed by atoms with Gasteiger partial charge in [0.2, 0.25) is 0 Å². The molecule has 1 heterocycles. The molecule has 1 aromatic heterocycles. The summed E-state index contributed by atoms with van der Waals surface area (Å²) in [7, 11) is 5.09. The predicted octanol–water partition coefficient (Wildman–Crippen LogP) is 4.50. The number of imide groups is 1. The number of carbonyl (C=O) groups excluding carboxylic acids is 2. The number of carbonyl (C=O) groups is 2. The monoisotopic (exact) mass is 475 g/mol. The van der Waals surface area contributed by atoms with Gasteiger partial charge in [-0.2, -0.15) is 5.10 Å². The van der Waals surface area contributed by atoms with E-state index in [0.717, 1.165) is 10.5 Å². The topological polar surface area (TPSA) is 87.1 Å². The second kappa shape index (κ2) is 11.0. The minimum Gasteiger partial charge on any atom is -0.497 e. The zero-order chi connectivity index (χ0) is 24.7. The van der Waals surface area contributed by atoms with E-state index in [2.05, 4.69) is 21.3 Å². The summed E-state index contributed by atoms with van der Waals surface area (Å²) in [5.41, 5.74) is 1.99. The molecule has 0 unspecified atom stereocenters. The number of terminal acetylenes is 1. The fraction of sp³-hybridized carbons (Fsp3) is 0.120. The van der Waals surface area contributed by atoms with Crippen LogP contribution in [0.25, 0.3) is 0 Å². The number of hydrazone groups is 1. The van der Waals surface area contributed by atoms with E-state index < -0.39 is 11.9 Å². The Morgan fingerprint density at radius 3 is 2.47 bits per heavy atom. The molecule has 0 bridgehead atoms. The van der Waals surface area contributed by atoms with Crippen LogP contribution in [-0.4, -0.2) is 49.4 Å². The molecule has 0 radical (unpaired) electrons. The van der Waals surface area contributed by atoms with Crippen LogP contribution in [-0.2, 0) is 0 Å². The number of nitrogens with one attached hydrogen (secondary N) is 1. The second-order valence-corrected chi connectivity index (χ2v) is 7.65. The minimum absolute atomic E-state index is 0.0928. The number of amides is 3. The maximum absolute atomic E-state index is 13.4. The molecule has 3 rings (SSSR count). The number of benzene rings is 2. The van der Waals surface area contributed by atoms with Crippen LogP contribution in [0.3, 0.4) is 0 Å². The summed E-state index contributed by atoms with van der Waals surface area (Å²) in [6.07, 6.45) is 8.49. The largest absolute Gasteiger partial charge is 0.497 e. The van der Waals surface area contributed by atoms with Crippen molar-refractivity contribution in [1.29, 1.82) is 0 Å². The molecule has 9 heteroatoms. The van der Waals surface area contributed by atoms with Crippen LogP contribution in [0.2, 0.25) is 5.02 Å². The zero-order valence-corrected chi connectivity index (χ0v) is 19.6. The number of rotatable bonds is 6. The number of ether oxygens (including phenoxy) is 1. The van der Waals surface area contributed by atoms with Gasteiger partial charge in [0.1, 0.15) is 11.6 Å². The van der Waals surface area contributed by atoms with Crippen LogP contribution in [0.5, 0.6) is 5.75 Å². The summed E-state index contributed by atoms with van der Waals surface area (Å²) >= 11 is 6.13. The third kappa shape index (κ3) is 6.12. The van der Waals surface area contributed by atoms with Crippen LogP contribution >= 0.6 is 11.6 Å². The molecule has 3 aromatic rings. The Bertz CT molecular complexity index is 1250. The molecule has 0 saturated heterocycles. The first kappa shape index (κ1) is 24.3. The maximum atomic E-state index is 13.4. The highest BCUT2D eigenvalue weighted by Crippen LogP contribution is 2.24. The highest BCUT2D eigenvalue weighted by molar-refractivity contribution is 6.31. The van der Waals surface area contributed by atoms with E-state index in [0.29, 0.717) is 17.0 Å². The molecule has 0 fully saturated rings. The molecule has 34 heavy (non-hydrogen) atoms. The third-order valence-corrected chi connectivity index (χ3v) is 4.72. The molecule has 0 saturated carbocycles. The molecule has 0 aliphatic rings. The SMILES string of the molecule is C#Cc1ccc(N(C(=O)Nc2ccc(C=NN(C)C)cc2)C(=O)c2cc(Cl)cc(OC)c2)nc1. The van der Waals surface area contributed by atoms with Crippen LogP contribution in [0.15, 0.2) is 65.9 Å². The van der Waals surface area contributed by atoms with Crippen molar-refractivity contribution in [2.45, 2.75) is 0 Å². The first-order valence-corrected chi connectivity index (χ1v) is 10.4. The summed E-state index contributed by atoms with van der Waals surface area (Å²) in [6, 6.07) is 13.9. The summed E-state index contributed by atoms with van der Waals surface area (Å²) in [6.45, 7) is 0. The van der Waals surface area contributed by atoms with Gasteiger partial charge in [-0.3, -0.25) is 4.79 Å². The van der Waals surface area contributed by atoms with Gasteiger partial charge in [0, 0.05) is 42.1 Å². The first-order chi connectivity index (χ1) is 16.3. The number of hydrogen-bond donors (Lipinski definition) is 1. The number of aromatic nitrogens is 1. The van der Waals surface area contributed by atoms with Crippen LogP contribution in [0.4, 0.5) is 16.3 Å². The smallest absolute Gasteiger partial charge is 0.334 e. The number of methoxy groups -OCH3 is 1. The minimum atomic E-state index is -0.709. The quantitative estimate of drug-likeness (QED) is 0.322. The van der Waals surface area contributed by atoms with Gasteiger partial charge < -0.3 is 15.1 Å². The Morgan fingerprint density at radius 2 is 1.88 bits per heavy atom. The van der Waals surface area contributed by atoms with Gasteiger partial charge in [0.05, 0.1) is 13.3 Å². The molecule has 2 aromatic carbocycles. The van der Waals surface area contributed by atoms with Crippen molar-refractivity contribution in [2.75, 3.05) is 31.4 Å². The van der Waals surface area contributed by atoms with Crippen molar-refractivity contribution < 1.29 is 14.3 Å². The number of nitrogens with zero attached hydrogens (tertiary/aromatic N) is 4. The van der Waals surface area contributed by atoms with Gasteiger partial charge in [0.15, 0.2) is 0 Å². The van der Waals surface area contributed by atoms with Gasteiger partial charge in [-0.25, -0.2) is 14.7 Å². The van der Waals surface area contributed by atoms with Crippen molar-refractivity contribution >= 4 is 41.3 Å². The van der Waals surface area contributed by atoms with Crippen LogP contribution in [0.1, 0.15) is 21.5 Å². The maximum Gasteiger partial charge on any atom is 0.334 e. The highest BCUT2D eigenvalue weighted by atomic mass is 35.5. The molecule has 8 nitrogen and oxygen atoms in total. The van der Waals surface area contributed by atoms with Crippen molar-refractivity contribution in [3.63, 3.8) is 0 Å². The Labute approximate surface area is 202 Å². The van der Waals surface area contributed by atoms with Gasteiger partial charge in [0.25, 0.3) is 5.91 Å². The lowest BCUT2D eigenvalue weighted by Gasteiger charge is -2.21. The van der Waals surface area contributed by atoms with E-state index in [1.807, 2.05) is 14.1 Å². The fourth-order valence-corrected chi connectivity index (χ4v) is 3.08. The van der Waals surface area contributed by atoms with E-state index in [1.165, 1.54) is 31.5 Å². The lowest BCUT2D eigenvalue weighted by molar-refractivity contribution is 0.0994. The molecular weight excluding hydrogens is 454 g/mol. The Morgan fingerprint density at radius 1 is 1.15 bits per heavy atom. The first-order valence-electron chi connectivity index (χ1n) is 10.0. The lowest BCUT2D eigenvalue weighted by atomic mass is 10.2. The molecule has 172 valence electrons. The third-order valence-electron chi connectivity index (χ3n) is 4.50. The molecule has 0 aliphatic heterocycles. The Kier molecular flexibility index (Phi) is 7.85. The molecule has 0 atom stereocenters. The standard InChI is InChI=1S/C25H22ClN5O3/c1-5-17-8-11-23(27-15-17)31(24(32)19-12-20(26)14-22(13-19)34-4)25(33)29-21-9-6-18(7-10-21)16-28-30(2)3/h1,6-16H,2-4H3,(H,29,33). The molecule has 3 amide bonds. The van der Waals surface area contributed by atoms with E-state index in [1.54, 1.807) is 47.6 Å².